The van der Waals surface area contributed by atoms with Crippen LogP contribution >= 0.6 is 0 Å². The van der Waals surface area contributed by atoms with Crippen molar-refractivity contribution < 1.29 is 0 Å². The molecule has 0 unspecified atom stereocenters. The van der Waals surface area contributed by atoms with Gasteiger partial charge in [0.05, 0.1) is 29.1 Å². The first-order valence-corrected chi connectivity index (χ1v) is 6.19. The van der Waals surface area contributed by atoms with Gasteiger partial charge in [-0.25, -0.2) is 0 Å². The van der Waals surface area contributed by atoms with E-state index in [1.54, 1.807) is 6.20 Å². The molecule has 0 amide bonds. The SMILES string of the molecule is c1cncc(-n2c3ccccc3c3ccncc32)c1. The summed E-state index contributed by atoms with van der Waals surface area (Å²) in [5.41, 5.74) is 3.34. The van der Waals surface area contributed by atoms with E-state index in [2.05, 4.69) is 50.9 Å². The zero-order valence-corrected chi connectivity index (χ0v) is 10.2. The quantitative estimate of drug-likeness (QED) is 0.513. The van der Waals surface area contributed by atoms with Crippen LogP contribution in [0.1, 0.15) is 0 Å². The van der Waals surface area contributed by atoms with E-state index in [1.807, 2.05) is 24.7 Å². The van der Waals surface area contributed by atoms with Gasteiger partial charge in [0.2, 0.25) is 0 Å². The molecule has 4 aromatic rings. The first-order chi connectivity index (χ1) is 9.45. The maximum atomic E-state index is 4.25. The number of hydrogen-bond acceptors (Lipinski definition) is 2. The number of para-hydroxylation sites is 1. The lowest BCUT2D eigenvalue weighted by Gasteiger charge is -2.05. The van der Waals surface area contributed by atoms with Crippen LogP contribution in [0.3, 0.4) is 0 Å². The number of pyridine rings is 2. The summed E-state index contributed by atoms with van der Waals surface area (Å²) in [6, 6.07) is 14.5. The highest BCUT2D eigenvalue weighted by Gasteiger charge is 2.10. The first-order valence-electron chi connectivity index (χ1n) is 6.19. The minimum absolute atomic E-state index is 1.06. The van der Waals surface area contributed by atoms with E-state index in [0.717, 1.165) is 11.2 Å². The Balaban J connectivity index is 2.24. The zero-order chi connectivity index (χ0) is 12.7. The highest BCUT2D eigenvalue weighted by atomic mass is 15.0. The fourth-order valence-corrected chi connectivity index (χ4v) is 2.58. The van der Waals surface area contributed by atoms with E-state index < -0.39 is 0 Å². The average molecular weight is 245 g/mol. The van der Waals surface area contributed by atoms with Gasteiger partial charge in [-0.2, -0.15) is 0 Å². The van der Waals surface area contributed by atoms with Gasteiger partial charge in [0.15, 0.2) is 0 Å². The highest BCUT2D eigenvalue weighted by molar-refractivity contribution is 6.08. The van der Waals surface area contributed by atoms with Crippen molar-refractivity contribution in [2.24, 2.45) is 0 Å². The Morgan fingerprint density at radius 2 is 1.53 bits per heavy atom. The van der Waals surface area contributed by atoms with Gasteiger partial charge in [-0.1, -0.05) is 18.2 Å². The number of hydrogen-bond donors (Lipinski definition) is 0. The lowest BCUT2D eigenvalue weighted by Crippen LogP contribution is -1.94. The lowest BCUT2D eigenvalue weighted by atomic mass is 10.2. The summed E-state index contributed by atoms with van der Waals surface area (Å²) in [7, 11) is 0. The number of nitrogens with zero attached hydrogens (tertiary/aromatic N) is 3. The molecular formula is C16H11N3. The summed E-state index contributed by atoms with van der Waals surface area (Å²) in [4.78, 5) is 8.47. The molecule has 19 heavy (non-hydrogen) atoms. The van der Waals surface area contributed by atoms with Gasteiger partial charge in [0, 0.05) is 23.2 Å². The van der Waals surface area contributed by atoms with Crippen molar-refractivity contribution in [3.8, 4) is 5.69 Å². The molecule has 3 heteroatoms. The normalized spacial score (nSPS) is 11.2. The van der Waals surface area contributed by atoms with Crippen LogP contribution in [-0.4, -0.2) is 14.5 Å². The molecule has 90 valence electrons. The minimum atomic E-state index is 1.06. The second-order valence-electron chi connectivity index (χ2n) is 4.46. The van der Waals surface area contributed by atoms with E-state index in [9.17, 15) is 0 Å². The van der Waals surface area contributed by atoms with Crippen LogP contribution in [0.5, 0.6) is 0 Å². The second kappa shape index (κ2) is 3.92. The Labute approximate surface area is 110 Å². The van der Waals surface area contributed by atoms with Gasteiger partial charge in [0.25, 0.3) is 0 Å². The standard InChI is InChI=1S/C16H11N3/c1-2-6-15-13(5-1)14-7-9-18-11-16(14)19(15)12-4-3-8-17-10-12/h1-11H. The molecule has 1 aromatic carbocycles. The Morgan fingerprint density at radius 3 is 2.42 bits per heavy atom. The van der Waals surface area contributed by atoms with Gasteiger partial charge in [0.1, 0.15) is 0 Å². The third kappa shape index (κ3) is 1.45. The fraction of sp³-hybridized carbons (Fsp3) is 0. The van der Waals surface area contributed by atoms with Crippen LogP contribution in [0.15, 0.2) is 67.3 Å². The van der Waals surface area contributed by atoms with Crippen molar-refractivity contribution in [2.75, 3.05) is 0 Å². The molecule has 0 aliphatic heterocycles. The minimum Gasteiger partial charge on any atom is -0.306 e. The maximum Gasteiger partial charge on any atom is 0.0725 e. The molecule has 0 saturated heterocycles. The number of rotatable bonds is 1. The third-order valence-electron chi connectivity index (χ3n) is 3.38. The smallest absolute Gasteiger partial charge is 0.0725 e. The van der Waals surface area contributed by atoms with Crippen molar-refractivity contribution >= 4 is 21.8 Å². The van der Waals surface area contributed by atoms with E-state index in [1.165, 1.54) is 16.3 Å². The molecule has 0 fully saturated rings. The van der Waals surface area contributed by atoms with E-state index in [0.29, 0.717) is 0 Å². The predicted octanol–water partition coefficient (Wildman–Crippen LogP) is 3.57. The van der Waals surface area contributed by atoms with Crippen molar-refractivity contribution in [2.45, 2.75) is 0 Å². The molecule has 0 saturated carbocycles. The Morgan fingerprint density at radius 1 is 0.684 bits per heavy atom. The molecule has 0 aliphatic carbocycles. The average Bonchev–Trinajstić information content (AvgIpc) is 2.83. The van der Waals surface area contributed by atoms with Crippen LogP contribution < -0.4 is 0 Å². The van der Waals surface area contributed by atoms with Crippen LogP contribution in [0.2, 0.25) is 0 Å². The molecule has 0 atom stereocenters. The highest BCUT2D eigenvalue weighted by Crippen LogP contribution is 2.30. The topological polar surface area (TPSA) is 30.7 Å². The summed E-state index contributed by atoms with van der Waals surface area (Å²) in [5.74, 6) is 0. The molecule has 0 N–H and O–H groups in total. The van der Waals surface area contributed by atoms with Crippen molar-refractivity contribution in [3.05, 3.63) is 67.3 Å². The molecule has 3 nitrogen and oxygen atoms in total. The first kappa shape index (κ1) is 10.3. The second-order valence-corrected chi connectivity index (χ2v) is 4.46. The Kier molecular flexibility index (Phi) is 2.12. The van der Waals surface area contributed by atoms with Crippen molar-refractivity contribution in [1.29, 1.82) is 0 Å². The fourth-order valence-electron chi connectivity index (χ4n) is 2.58. The van der Waals surface area contributed by atoms with E-state index in [-0.39, 0.29) is 0 Å². The summed E-state index contributed by atoms with van der Waals surface area (Å²) < 4.78 is 2.20. The molecule has 0 spiro atoms. The van der Waals surface area contributed by atoms with Gasteiger partial charge in [-0.3, -0.25) is 9.97 Å². The van der Waals surface area contributed by atoms with Crippen LogP contribution in [-0.2, 0) is 0 Å². The summed E-state index contributed by atoms with van der Waals surface area (Å²) in [6.45, 7) is 0. The molecule has 0 radical (unpaired) electrons. The molecule has 4 rings (SSSR count). The van der Waals surface area contributed by atoms with E-state index in [4.69, 9.17) is 0 Å². The van der Waals surface area contributed by atoms with Gasteiger partial charge in [-0.15, -0.1) is 0 Å². The monoisotopic (exact) mass is 245 g/mol. The predicted molar refractivity (Wildman–Crippen MR) is 76.4 cm³/mol. The summed E-state index contributed by atoms with van der Waals surface area (Å²) in [6.07, 6.45) is 7.40. The molecule has 0 bridgehead atoms. The summed E-state index contributed by atoms with van der Waals surface area (Å²) >= 11 is 0. The third-order valence-corrected chi connectivity index (χ3v) is 3.38. The molecular weight excluding hydrogens is 234 g/mol. The van der Waals surface area contributed by atoms with Crippen molar-refractivity contribution in [1.82, 2.24) is 14.5 Å². The number of benzene rings is 1. The van der Waals surface area contributed by atoms with Crippen LogP contribution in [0.25, 0.3) is 27.5 Å². The van der Waals surface area contributed by atoms with Crippen LogP contribution in [0, 0.1) is 0 Å². The number of fused-ring (bicyclic) bond motifs is 3. The van der Waals surface area contributed by atoms with E-state index >= 15 is 0 Å². The summed E-state index contributed by atoms with van der Waals surface area (Å²) in [5, 5.41) is 2.46. The van der Waals surface area contributed by atoms with Crippen molar-refractivity contribution in [3.63, 3.8) is 0 Å². The number of aromatic nitrogens is 3. The Hall–Kier alpha value is -2.68. The maximum absolute atomic E-state index is 4.25. The lowest BCUT2D eigenvalue weighted by molar-refractivity contribution is 1.13. The zero-order valence-electron chi connectivity index (χ0n) is 10.2. The van der Waals surface area contributed by atoms with Gasteiger partial charge in [-0.05, 0) is 24.3 Å². The Bertz CT molecular complexity index is 810. The molecule has 3 aromatic heterocycles. The molecule has 3 heterocycles. The molecule has 0 aliphatic rings. The van der Waals surface area contributed by atoms with Crippen LogP contribution in [0.4, 0.5) is 0 Å². The van der Waals surface area contributed by atoms with Gasteiger partial charge < -0.3 is 4.57 Å². The van der Waals surface area contributed by atoms with Gasteiger partial charge >= 0.3 is 0 Å². The largest absolute Gasteiger partial charge is 0.306 e.